The van der Waals surface area contributed by atoms with Gasteiger partial charge in [-0.05, 0) is 19.1 Å². The van der Waals surface area contributed by atoms with Crippen LogP contribution in [0, 0.1) is 0 Å². The Bertz CT molecular complexity index is 191. The first-order valence-electron chi connectivity index (χ1n) is 3.23. The molecule has 1 aromatic heterocycles. The maximum absolute atomic E-state index is 9.53. The number of aromatic nitrogens is 1. The Morgan fingerprint density at radius 3 is 2.90 bits per heavy atom. The third-order valence-corrected chi connectivity index (χ3v) is 1.58. The van der Waals surface area contributed by atoms with E-state index in [2.05, 4.69) is 4.98 Å². The summed E-state index contributed by atoms with van der Waals surface area (Å²) in [5.74, 6) is 0. The van der Waals surface area contributed by atoms with Crippen LogP contribution in [-0.2, 0) is 5.60 Å². The van der Waals surface area contributed by atoms with Crippen molar-refractivity contribution in [2.24, 2.45) is 5.73 Å². The minimum absolute atomic E-state index is 0.230. The van der Waals surface area contributed by atoms with E-state index in [4.69, 9.17) is 5.73 Å². The first-order valence-corrected chi connectivity index (χ1v) is 3.23. The molecule has 0 bridgehead atoms. The van der Waals surface area contributed by atoms with Gasteiger partial charge in [0.2, 0.25) is 0 Å². The highest BCUT2D eigenvalue weighted by Crippen LogP contribution is 2.15. The van der Waals surface area contributed by atoms with Gasteiger partial charge >= 0.3 is 0 Å². The van der Waals surface area contributed by atoms with E-state index >= 15 is 0 Å². The topological polar surface area (TPSA) is 62.0 Å². The lowest BCUT2D eigenvalue weighted by atomic mass is 10.0. The summed E-state index contributed by atoms with van der Waals surface area (Å²) in [6.45, 7) is 1.91. The van der Waals surface area contributed by atoms with Crippen LogP contribution in [0.15, 0.2) is 18.3 Å². The molecule has 0 aliphatic carbocycles. The predicted octanol–water partition coefficient (Wildman–Crippen LogP) is 0.181. The Balaban J connectivity index is 2.85. The second-order valence-corrected chi connectivity index (χ2v) is 2.56. The van der Waals surface area contributed by atoms with E-state index in [1.165, 1.54) is 0 Å². The molecule has 56 valence electrons. The van der Waals surface area contributed by atoms with Gasteiger partial charge in [-0.2, -0.15) is 0 Å². The van der Waals surface area contributed by atoms with Crippen molar-refractivity contribution < 1.29 is 5.11 Å². The molecular weight excluding hydrogens is 128 g/mol. The molecule has 0 aliphatic rings. The number of rotatable bonds is 2. The fraction of sp³-hybridized carbons (Fsp3) is 0.429. The molecule has 0 spiro atoms. The van der Waals surface area contributed by atoms with E-state index in [9.17, 15) is 5.11 Å². The van der Waals surface area contributed by atoms with Crippen LogP contribution in [0.4, 0.5) is 0 Å². The average molecular weight is 140 g/mol. The first kappa shape index (κ1) is 7.31. The van der Waals surface area contributed by atoms with E-state index in [-0.39, 0.29) is 6.54 Å². The third-order valence-electron chi connectivity index (χ3n) is 1.58. The molecule has 0 amide bonds. The number of nitrogens with one attached hydrogen (secondary N) is 1. The van der Waals surface area contributed by atoms with Gasteiger partial charge in [-0.25, -0.2) is 0 Å². The highest BCUT2D eigenvalue weighted by molar-refractivity contribution is 5.12. The standard InChI is InChI=1S/C7H12N2O/c1-7(10,5-8)6-3-2-4-9-6/h2-4,9-10H,5,8H2,1H3. The minimum atomic E-state index is -0.913. The van der Waals surface area contributed by atoms with Crippen molar-refractivity contribution in [1.82, 2.24) is 4.98 Å². The quantitative estimate of drug-likeness (QED) is 0.548. The molecule has 0 aliphatic heterocycles. The normalized spacial score (nSPS) is 16.7. The van der Waals surface area contributed by atoms with Crippen LogP contribution in [0.5, 0.6) is 0 Å². The molecule has 1 unspecified atom stereocenters. The van der Waals surface area contributed by atoms with Crippen molar-refractivity contribution >= 4 is 0 Å². The lowest BCUT2D eigenvalue weighted by molar-refractivity contribution is 0.0628. The van der Waals surface area contributed by atoms with Crippen LogP contribution in [0.3, 0.4) is 0 Å². The summed E-state index contributed by atoms with van der Waals surface area (Å²) in [5, 5.41) is 9.53. The number of hydrogen-bond acceptors (Lipinski definition) is 2. The molecule has 0 aromatic carbocycles. The average Bonchev–Trinajstić information content (AvgIpc) is 2.38. The van der Waals surface area contributed by atoms with Gasteiger partial charge in [0.15, 0.2) is 0 Å². The van der Waals surface area contributed by atoms with Crippen molar-refractivity contribution in [2.45, 2.75) is 12.5 Å². The van der Waals surface area contributed by atoms with Crippen molar-refractivity contribution in [3.63, 3.8) is 0 Å². The summed E-state index contributed by atoms with van der Waals surface area (Å²) < 4.78 is 0. The molecule has 1 aromatic rings. The number of H-pyrrole nitrogens is 1. The van der Waals surface area contributed by atoms with E-state index < -0.39 is 5.60 Å². The van der Waals surface area contributed by atoms with Crippen molar-refractivity contribution in [2.75, 3.05) is 6.54 Å². The summed E-state index contributed by atoms with van der Waals surface area (Å²) in [4.78, 5) is 2.90. The molecule has 0 saturated carbocycles. The van der Waals surface area contributed by atoms with Crippen molar-refractivity contribution in [1.29, 1.82) is 0 Å². The van der Waals surface area contributed by atoms with Crippen LogP contribution in [-0.4, -0.2) is 16.6 Å². The first-order chi connectivity index (χ1) is 4.67. The van der Waals surface area contributed by atoms with Crippen molar-refractivity contribution in [3.8, 4) is 0 Å². The fourth-order valence-corrected chi connectivity index (χ4v) is 0.775. The zero-order chi connectivity index (χ0) is 7.61. The van der Waals surface area contributed by atoms with Gasteiger partial charge < -0.3 is 15.8 Å². The van der Waals surface area contributed by atoms with Crippen LogP contribution < -0.4 is 5.73 Å². The molecule has 3 nitrogen and oxygen atoms in total. The van der Waals surface area contributed by atoms with Crippen LogP contribution in [0.2, 0.25) is 0 Å². The van der Waals surface area contributed by atoms with Gasteiger partial charge in [-0.1, -0.05) is 0 Å². The van der Waals surface area contributed by atoms with E-state index in [1.54, 1.807) is 13.1 Å². The van der Waals surface area contributed by atoms with Crippen molar-refractivity contribution in [3.05, 3.63) is 24.0 Å². The zero-order valence-electron chi connectivity index (χ0n) is 5.96. The van der Waals surface area contributed by atoms with E-state index in [1.807, 2.05) is 12.1 Å². The predicted molar refractivity (Wildman–Crippen MR) is 39.4 cm³/mol. The molecule has 0 saturated heterocycles. The Hall–Kier alpha value is -0.800. The smallest absolute Gasteiger partial charge is 0.114 e. The van der Waals surface area contributed by atoms with Crippen LogP contribution in [0.1, 0.15) is 12.6 Å². The molecule has 0 radical (unpaired) electrons. The molecular formula is C7H12N2O. The number of aromatic amines is 1. The van der Waals surface area contributed by atoms with Gasteiger partial charge in [0.1, 0.15) is 5.60 Å². The maximum Gasteiger partial charge on any atom is 0.114 e. The summed E-state index contributed by atoms with van der Waals surface area (Å²) in [6.07, 6.45) is 1.76. The molecule has 1 heterocycles. The van der Waals surface area contributed by atoms with Gasteiger partial charge in [0.25, 0.3) is 0 Å². The summed E-state index contributed by atoms with van der Waals surface area (Å²) >= 11 is 0. The Kier molecular flexibility index (Phi) is 1.78. The molecule has 1 rings (SSSR count). The second kappa shape index (κ2) is 2.44. The molecule has 3 heteroatoms. The maximum atomic E-state index is 9.53. The SMILES string of the molecule is CC(O)(CN)c1ccc[nH]1. The van der Waals surface area contributed by atoms with Crippen LogP contribution >= 0.6 is 0 Å². The molecule has 0 fully saturated rings. The van der Waals surface area contributed by atoms with E-state index in [0.29, 0.717) is 0 Å². The van der Waals surface area contributed by atoms with Gasteiger partial charge in [-0.15, -0.1) is 0 Å². The Labute approximate surface area is 59.9 Å². The van der Waals surface area contributed by atoms with Crippen LogP contribution in [0.25, 0.3) is 0 Å². The molecule has 10 heavy (non-hydrogen) atoms. The Morgan fingerprint density at radius 1 is 1.80 bits per heavy atom. The second-order valence-electron chi connectivity index (χ2n) is 2.56. The van der Waals surface area contributed by atoms with E-state index in [0.717, 1.165) is 5.69 Å². The van der Waals surface area contributed by atoms with Gasteiger partial charge in [0, 0.05) is 18.4 Å². The molecule has 4 N–H and O–H groups in total. The summed E-state index contributed by atoms with van der Waals surface area (Å²) in [7, 11) is 0. The Morgan fingerprint density at radius 2 is 2.50 bits per heavy atom. The highest BCUT2D eigenvalue weighted by Gasteiger charge is 2.20. The largest absolute Gasteiger partial charge is 0.383 e. The lowest BCUT2D eigenvalue weighted by Gasteiger charge is -2.18. The summed E-state index contributed by atoms with van der Waals surface area (Å²) in [6, 6.07) is 3.65. The van der Waals surface area contributed by atoms with Gasteiger partial charge in [-0.3, -0.25) is 0 Å². The number of aliphatic hydroxyl groups is 1. The zero-order valence-corrected chi connectivity index (χ0v) is 5.96. The molecule has 1 atom stereocenters. The number of hydrogen-bond donors (Lipinski definition) is 3. The fourth-order valence-electron chi connectivity index (χ4n) is 0.775. The highest BCUT2D eigenvalue weighted by atomic mass is 16.3. The lowest BCUT2D eigenvalue weighted by Crippen LogP contribution is -2.31. The summed E-state index contributed by atoms with van der Waals surface area (Å²) in [5.41, 5.74) is 5.17. The third kappa shape index (κ3) is 1.20. The monoisotopic (exact) mass is 140 g/mol. The van der Waals surface area contributed by atoms with Gasteiger partial charge in [0.05, 0.1) is 0 Å². The minimum Gasteiger partial charge on any atom is -0.383 e. The number of nitrogens with two attached hydrogens (primary N) is 1.